The van der Waals surface area contributed by atoms with Gasteiger partial charge in [0.15, 0.2) is 5.96 Å². The first-order chi connectivity index (χ1) is 13.1. The second-order valence-corrected chi connectivity index (χ2v) is 5.91. The van der Waals surface area contributed by atoms with Gasteiger partial charge in [-0.05, 0) is 42.3 Å². The lowest BCUT2D eigenvalue weighted by Gasteiger charge is -2.12. The number of carbonyl (C=O) groups excluding carboxylic acids is 1. The zero-order valence-electron chi connectivity index (χ0n) is 15.7. The molecule has 1 amide bonds. The fraction of sp³-hybridized carbons (Fsp3) is 0.300. The molecule has 0 unspecified atom stereocenters. The van der Waals surface area contributed by atoms with Crippen LogP contribution < -0.4 is 16.0 Å². The first-order valence-corrected chi connectivity index (χ1v) is 8.84. The van der Waals surface area contributed by atoms with E-state index in [2.05, 4.69) is 20.9 Å². The van der Waals surface area contributed by atoms with Gasteiger partial charge in [0.25, 0.3) is 0 Å². The third-order valence-corrected chi connectivity index (χ3v) is 3.67. The molecule has 28 heavy (non-hydrogen) atoms. The molecule has 0 saturated heterocycles. The van der Waals surface area contributed by atoms with Gasteiger partial charge in [-0.3, -0.25) is 4.79 Å². The minimum Gasteiger partial charge on any atom is -0.357 e. The van der Waals surface area contributed by atoms with Gasteiger partial charge >= 0.3 is 0 Å². The van der Waals surface area contributed by atoms with Gasteiger partial charge < -0.3 is 16.0 Å². The van der Waals surface area contributed by atoms with Crippen LogP contribution in [-0.2, 0) is 17.8 Å². The third-order valence-electron chi connectivity index (χ3n) is 3.67. The van der Waals surface area contributed by atoms with E-state index in [4.69, 9.17) is 0 Å². The van der Waals surface area contributed by atoms with E-state index >= 15 is 0 Å². The van der Waals surface area contributed by atoms with Gasteiger partial charge in [0, 0.05) is 19.6 Å². The standard InChI is InChI=1S/C20H24F2N4O.HI/c1-2-23-20(26-14-15-6-8-17(21)9-7-15)25-11-10-24-19(27)13-16-4-3-5-18(22)12-16;/h3-9,12H,2,10-11,13-14H2,1H3,(H,24,27)(H2,23,25,26);1H. The van der Waals surface area contributed by atoms with E-state index in [1.54, 1.807) is 24.3 Å². The van der Waals surface area contributed by atoms with Gasteiger partial charge in [-0.15, -0.1) is 24.0 Å². The summed E-state index contributed by atoms with van der Waals surface area (Å²) in [6.07, 6.45) is 0.135. The van der Waals surface area contributed by atoms with Crippen LogP contribution in [0.4, 0.5) is 8.78 Å². The predicted molar refractivity (Wildman–Crippen MR) is 118 cm³/mol. The van der Waals surface area contributed by atoms with Crippen molar-refractivity contribution in [1.29, 1.82) is 0 Å². The maximum atomic E-state index is 13.1. The van der Waals surface area contributed by atoms with Gasteiger partial charge in [0.2, 0.25) is 5.91 Å². The van der Waals surface area contributed by atoms with E-state index in [1.807, 2.05) is 6.92 Å². The summed E-state index contributed by atoms with van der Waals surface area (Å²) in [7, 11) is 0. The Labute approximate surface area is 181 Å². The molecule has 2 aromatic carbocycles. The van der Waals surface area contributed by atoms with Crippen LogP contribution in [0.5, 0.6) is 0 Å². The average molecular weight is 502 g/mol. The molecule has 2 aromatic rings. The van der Waals surface area contributed by atoms with Crippen LogP contribution in [0, 0.1) is 11.6 Å². The summed E-state index contributed by atoms with van der Waals surface area (Å²) in [6, 6.07) is 12.2. The van der Waals surface area contributed by atoms with Crippen LogP contribution in [0.25, 0.3) is 0 Å². The van der Waals surface area contributed by atoms with Crippen molar-refractivity contribution >= 4 is 35.8 Å². The van der Waals surface area contributed by atoms with Gasteiger partial charge in [0.1, 0.15) is 11.6 Å². The number of nitrogens with one attached hydrogen (secondary N) is 3. The highest BCUT2D eigenvalue weighted by Crippen LogP contribution is 2.04. The van der Waals surface area contributed by atoms with Crippen LogP contribution in [0.1, 0.15) is 18.1 Å². The number of hydrogen-bond donors (Lipinski definition) is 3. The third kappa shape index (κ3) is 9.12. The smallest absolute Gasteiger partial charge is 0.224 e. The number of aliphatic imine (C=N–C) groups is 1. The van der Waals surface area contributed by atoms with E-state index in [0.29, 0.717) is 37.7 Å². The monoisotopic (exact) mass is 502 g/mol. The molecule has 0 heterocycles. The molecule has 0 radical (unpaired) electrons. The van der Waals surface area contributed by atoms with Crippen molar-refractivity contribution in [3.8, 4) is 0 Å². The summed E-state index contributed by atoms with van der Waals surface area (Å²) in [6.45, 7) is 3.97. The Bertz CT molecular complexity index is 769. The average Bonchev–Trinajstić information content (AvgIpc) is 2.64. The number of hydrogen-bond acceptors (Lipinski definition) is 2. The topological polar surface area (TPSA) is 65.5 Å². The fourth-order valence-electron chi connectivity index (χ4n) is 2.38. The van der Waals surface area contributed by atoms with E-state index in [1.165, 1.54) is 24.3 Å². The number of carbonyl (C=O) groups is 1. The fourth-order valence-corrected chi connectivity index (χ4v) is 2.38. The van der Waals surface area contributed by atoms with Crippen molar-refractivity contribution in [3.63, 3.8) is 0 Å². The molecule has 2 rings (SSSR count). The van der Waals surface area contributed by atoms with Crippen molar-refractivity contribution in [2.45, 2.75) is 19.9 Å². The van der Waals surface area contributed by atoms with E-state index in [0.717, 1.165) is 5.56 Å². The number of amides is 1. The molecule has 5 nitrogen and oxygen atoms in total. The van der Waals surface area contributed by atoms with Crippen molar-refractivity contribution < 1.29 is 13.6 Å². The van der Waals surface area contributed by atoms with E-state index in [9.17, 15) is 13.6 Å². The molecule has 0 atom stereocenters. The van der Waals surface area contributed by atoms with Crippen LogP contribution in [-0.4, -0.2) is 31.5 Å². The normalized spacial score (nSPS) is 10.8. The Hall–Kier alpha value is -2.23. The Morgan fingerprint density at radius 3 is 2.32 bits per heavy atom. The van der Waals surface area contributed by atoms with Crippen LogP contribution >= 0.6 is 24.0 Å². The zero-order chi connectivity index (χ0) is 19.5. The molecule has 0 bridgehead atoms. The Morgan fingerprint density at radius 1 is 0.929 bits per heavy atom. The number of rotatable bonds is 8. The molecule has 152 valence electrons. The first kappa shape index (κ1) is 23.8. The maximum Gasteiger partial charge on any atom is 0.224 e. The molecule has 0 aromatic heterocycles. The summed E-state index contributed by atoms with van der Waals surface area (Å²) >= 11 is 0. The molecule has 3 N–H and O–H groups in total. The minimum absolute atomic E-state index is 0. The van der Waals surface area contributed by atoms with E-state index in [-0.39, 0.29) is 47.9 Å². The molecular weight excluding hydrogens is 477 g/mol. The van der Waals surface area contributed by atoms with Gasteiger partial charge in [0.05, 0.1) is 13.0 Å². The maximum absolute atomic E-state index is 13.1. The summed E-state index contributed by atoms with van der Waals surface area (Å²) in [5, 5.41) is 9.01. The Kier molecular flexibility index (Phi) is 11.1. The van der Waals surface area contributed by atoms with Crippen molar-refractivity contribution in [1.82, 2.24) is 16.0 Å². The second kappa shape index (κ2) is 13.0. The highest BCUT2D eigenvalue weighted by Gasteiger charge is 2.04. The van der Waals surface area contributed by atoms with Crippen LogP contribution in [0.3, 0.4) is 0 Å². The number of halogens is 3. The van der Waals surface area contributed by atoms with Crippen LogP contribution in [0.15, 0.2) is 53.5 Å². The number of guanidine groups is 1. The zero-order valence-corrected chi connectivity index (χ0v) is 18.0. The summed E-state index contributed by atoms with van der Waals surface area (Å²) in [4.78, 5) is 16.3. The highest BCUT2D eigenvalue weighted by atomic mass is 127. The molecular formula is C20H25F2IN4O. The van der Waals surface area contributed by atoms with Crippen molar-refractivity contribution in [2.75, 3.05) is 19.6 Å². The highest BCUT2D eigenvalue weighted by molar-refractivity contribution is 14.0. The number of nitrogens with zero attached hydrogens (tertiary/aromatic N) is 1. The largest absolute Gasteiger partial charge is 0.357 e. The quantitative estimate of drug-likeness (QED) is 0.225. The molecule has 0 aliphatic carbocycles. The molecule has 0 aliphatic rings. The van der Waals surface area contributed by atoms with Crippen LogP contribution in [0.2, 0.25) is 0 Å². The van der Waals surface area contributed by atoms with Gasteiger partial charge in [-0.1, -0.05) is 24.3 Å². The second-order valence-electron chi connectivity index (χ2n) is 5.91. The number of benzene rings is 2. The van der Waals surface area contributed by atoms with Gasteiger partial charge in [-0.2, -0.15) is 0 Å². The minimum atomic E-state index is -0.352. The lowest BCUT2D eigenvalue weighted by atomic mass is 10.1. The summed E-state index contributed by atoms with van der Waals surface area (Å²) in [5.41, 5.74) is 1.53. The SMILES string of the molecule is CCNC(=NCc1ccc(F)cc1)NCCNC(=O)Cc1cccc(F)c1.I. The first-order valence-electron chi connectivity index (χ1n) is 8.84. The predicted octanol–water partition coefficient (Wildman–Crippen LogP) is 3.00. The summed E-state index contributed by atoms with van der Waals surface area (Å²) < 4.78 is 26.0. The molecule has 0 fully saturated rings. The summed E-state index contributed by atoms with van der Waals surface area (Å²) in [5.74, 6) is -0.187. The Morgan fingerprint density at radius 2 is 1.64 bits per heavy atom. The molecule has 0 spiro atoms. The molecule has 8 heteroatoms. The van der Waals surface area contributed by atoms with Crippen molar-refractivity contribution in [2.24, 2.45) is 4.99 Å². The van der Waals surface area contributed by atoms with E-state index < -0.39 is 0 Å². The molecule has 0 aliphatic heterocycles. The molecule has 0 saturated carbocycles. The Balaban J connectivity index is 0.00000392. The van der Waals surface area contributed by atoms with Crippen molar-refractivity contribution in [3.05, 3.63) is 71.3 Å². The lowest BCUT2D eigenvalue weighted by Crippen LogP contribution is -2.41. The lowest BCUT2D eigenvalue weighted by molar-refractivity contribution is -0.120. The van der Waals surface area contributed by atoms with Gasteiger partial charge in [-0.25, -0.2) is 13.8 Å².